The zero-order valence-corrected chi connectivity index (χ0v) is 14.7. The van der Waals surface area contributed by atoms with E-state index >= 15 is 0 Å². The minimum absolute atomic E-state index is 0.116. The van der Waals surface area contributed by atoms with E-state index in [0.29, 0.717) is 12.1 Å². The normalized spacial score (nSPS) is 11.5. The molecule has 0 atom stereocenters. The minimum atomic E-state index is -0.912. The average molecular weight is 334 g/mol. The van der Waals surface area contributed by atoms with Crippen LogP contribution < -0.4 is 0 Å². The Bertz CT molecular complexity index is 887. The Morgan fingerprint density at radius 1 is 1.12 bits per heavy atom. The first-order valence-corrected chi connectivity index (χ1v) is 8.29. The Hall–Kier alpha value is -2.88. The molecule has 0 bridgehead atoms. The smallest absolute Gasteiger partial charge is 0.335 e. The van der Waals surface area contributed by atoms with Crippen LogP contribution in [0.15, 0.2) is 60.9 Å². The molecule has 0 amide bonds. The highest BCUT2D eigenvalue weighted by Gasteiger charge is 2.14. The van der Waals surface area contributed by atoms with Gasteiger partial charge in [0.05, 0.1) is 5.56 Å². The number of rotatable bonds is 4. The van der Waals surface area contributed by atoms with Crippen molar-refractivity contribution in [2.24, 2.45) is 0 Å². The molecular formula is C21H22N2O2. The average Bonchev–Trinajstić information content (AvgIpc) is 3.02. The number of aromatic nitrogens is 2. The summed E-state index contributed by atoms with van der Waals surface area (Å²) < 4.78 is 2.03. The molecule has 25 heavy (non-hydrogen) atoms. The lowest BCUT2D eigenvalue weighted by molar-refractivity contribution is 0.0696. The molecule has 3 aromatic rings. The molecule has 0 saturated heterocycles. The van der Waals surface area contributed by atoms with Crippen molar-refractivity contribution in [3.05, 3.63) is 77.6 Å². The van der Waals surface area contributed by atoms with Crippen molar-refractivity contribution < 1.29 is 9.90 Å². The van der Waals surface area contributed by atoms with Crippen molar-refractivity contribution in [3.8, 4) is 11.4 Å². The first-order chi connectivity index (χ1) is 11.8. The summed E-state index contributed by atoms with van der Waals surface area (Å²) in [7, 11) is 0. The van der Waals surface area contributed by atoms with Crippen molar-refractivity contribution in [2.75, 3.05) is 0 Å². The van der Waals surface area contributed by atoms with E-state index in [1.165, 1.54) is 5.56 Å². The molecule has 0 fully saturated rings. The minimum Gasteiger partial charge on any atom is -0.478 e. The summed E-state index contributed by atoms with van der Waals surface area (Å²) in [5.74, 6) is -0.0355. The first-order valence-electron chi connectivity index (χ1n) is 8.29. The van der Waals surface area contributed by atoms with E-state index in [2.05, 4.69) is 50.0 Å². The van der Waals surface area contributed by atoms with Crippen LogP contribution in [0.5, 0.6) is 0 Å². The summed E-state index contributed by atoms with van der Waals surface area (Å²) in [6, 6.07) is 15.5. The second-order valence-corrected chi connectivity index (χ2v) is 7.21. The molecule has 4 heteroatoms. The number of hydrogen-bond donors (Lipinski definition) is 1. The van der Waals surface area contributed by atoms with Crippen molar-refractivity contribution in [2.45, 2.75) is 32.7 Å². The highest BCUT2D eigenvalue weighted by Crippen LogP contribution is 2.25. The SMILES string of the molecule is CC(C)(C)c1ccc(-c2nccn2Cc2cccc(C(=O)O)c2)cc1. The van der Waals surface area contributed by atoms with Gasteiger partial charge < -0.3 is 9.67 Å². The van der Waals surface area contributed by atoms with E-state index in [9.17, 15) is 4.79 Å². The van der Waals surface area contributed by atoms with Gasteiger partial charge in [-0.1, -0.05) is 57.2 Å². The lowest BCUT2D eigenvalue weighted by atomic mass is 9.87. The number of carbonyl (C=O) groups is 1. The molecule has 0 unspecified atom stereocenters. The Morgan fingerprint density at radius 3 is 2.48 bits per heavy atom. The van der Waals surface area contributed by atoms with Gasteiger partial charge in [0.2, 0.25) is 0 Å². The molecule has 1 N–H and O–H groups in total. The zero-order chi connectivity index (χ0) is 18.0. The maximum atomic E-state index is 11.1. The van der Waals surface area contributed by atoms with Crippen LogP contribution in [0, 0.1) is 0 Å². The van der Waals surface area contributed by atoms with Crippen LogP contribution >= 0.6 is 0 Å². The third-order valence-electron chi connectivity index (χ3n) is 4.25. The number of carboxylic acids is 1. The van der Waals surface area contributed by atoms with Crippen LogP contribution in [0.25, 0.3) is 11.4 Å². The van der Waals surface area contributed by atoms with Crippen LogP contribution in [0.1, 0.15) is 42.3 Å². The third-order valence-corrected chi connectivity index (χ3v) is 4.25. The molecule has 0 saturated carbocycles. The van der Waals surface area contributed by atoms with E-state index in [1.54, 1.807) is 24.4 Å². The van der Waals surface area contributed by atoms with Gasteiger partial charge in [0, 0.05) is 24.5 Å². The maximum absolute atomic E-state index is 11.1. The zero-order valence-electron chi connectivity index (χ0n) is 14.7. The van der Waals surface area contributed by atoms with E-state index < -0.39 is 5.97 Å². The largest absolute Gasteiger partial charge is 0.478 e. The number of hydrogen-bond acceptors (Lipinski definition) is 2. The summed E-state index contributed by atoms with van der Waals surface area (Å²) in [5, 5.41) is 9.14. The molecule has 0 spiro atoms. The van der Waals surface area contributed by atoms with Gasteiger partial charge >= 0.3 is 5.97 Å². The number of carboxylic acid groups (broad SMARTS) is 1. The van der Waals surface area contributed by atoms with Crippen LogP contribution in [0.2, 0.25) is 0 Å². The lowest BCUT2D eigenvalue weighted by Crippen LogP contribution is -2.10. The predicted molar refractivity (Wildman–Crippen MR) is 98.9 cm³/mol. The molecular weight excluding hydrogens is 312 g/mol. The van der Waals surface area contributed by atoms with Crippen LogP contribution in [0.3, 0.4) is 0 Å². The second-order valence-electron chi connectivity index (χ2n) is 7.21. The van der Waals surface area contributed by atoms with E-state index in [-0.39, 0.29) is 5.41 Å². The van der Waals surface area contributed by atoms with E-state index in [1.807, 2.05) is 16.8 Å². The van der Waals surface area contributed by atoms with Gasteiger partial charge in [-0.25, -0.2) is 9.78 Å². The van der Waals surface area contributed by atoms with Crippen molar-refractivity contribution in [3.63, 3.8) is 0 Å². The monoisotopic (exact) mass is 334 g/mol. The number of imidazole rings is 1. The Kier molecular flexibility index (Phi) is 4.45. The van der Waals surface area contributed by atoms with Gasteiger partial charge in [0.1, 0.15) is 5.82 Å². The molecule has 0 radical (unpaired) electrons. The standard InChI is InChI=1S/C21H22N2O2/c1-21(2,3)18-9-7-16(8-10-18)19-22-11-12-23(19)14-15-5-4-6-17(13-15)20(24)25/h4-13H,14H2,1-3H3,(H,24,25). The van der Waals surface area contributed by atoms with Crippen LogP contribution in [0.4, 0.5) is 0 Å². The van der Waals surface area contributed by atoms with Crippen molar-refractivity contribution in [1.29, 1.82) is 0 Å². The van der Waals surface area contributed by atoms with Gasteiger partial charge in [-0.2, -0.15) is 0 Å². The summed E-state index contributed by atoms with van der Waals surface area (Å²) >= 11 is 0. The summed E-state index contributed by atoms with van der Waals surface area (Å²) in [6.45, 7) is 7.16. The third kappa shape index (κ3) is 3.79. The van der Waals surface area contributed by atoms with Gasteiger partial charge in [0.15, 0.2) is 0 Å². The van der Waals surface area contributed by atoms with Crippen LogP contribution in [-0.2, 0) is 12.0 Å². The molecule has 3 rings (SSSR count). The van der Waals surface area contributed by atoms with Crippen molar-refractivity contribution >= 4 is 5.97 Å². The molecule has 0 aliphatic carbocycles. The number of benzene rings is 2. The maximum Gasteiger partial charge on any atom is 0.335 e. The van der Waals surface area contributed by atoms with Gasteiger partial charge in [-0.05, 0) is 28.7 Å². The van der Waals surface area contributed by atoms with Gasteiger partial charge in [-0.15, -0.1) is 0 Å². The first kappa shape index (κ1) is 17.0. The quantitative estimate of drug-likeness (QED) is 0.759. The number of nitrogens with zero attached hydrogens (tertiary/aromatic N) is 2. The lowest BCUT2D eigenvalue weighted by Gasteiger charge is -2.19. The van der Waals surface area contributed by atoms with Gasteiger partial charge in [0.25, 0.3) is 0 Å². The highest BCUT2D eigenvalue weighted by atomic mass is 16.4. The Labute approximate surface area is 147 Å². The van der Waals surface area contributed by atoms with E-state index in [0.717, 1.165) is 17.0 Å². The van der Waals surface area contributed by atoms with Crippen molar-refractivity contribution in [1.82, 2.24) is 9.55 Å². The highest BCUT2D eigenvalue weighted by molar-refractivity contribution is 5.87. The molecule has 1 heterocycles. The predicted octanol–water partition coefficient (Wildman–Crippen LogP) is 4.59. The summed E-state index contributed by atoms with van der Waals surface area (Å²) in [6.07, 6.45) is 3.69. The summed E-state index contributed by atoms with van der Waals surface area (Å²) in [5.41, 5.74) is 3.68. The fourth-order valence-electron chi connectivity index (χ4n) is 2.82. The molecule has 1 aromatic heterocycles. The molecule has 4 nitrogen and oxygen atoms in total. The number of aromatic carboxylic acids is 1. The van der Waals surface area contributed by atoms with Crippen LogP contribution in [-0.4, -0.2) is 20.6 Å². The fraction of sp³-hybridized carbons (Fsp3) is 0.238. The summed E-state index contributed by atoms with van der Waals surface area (Å²) in [4.78, 5) is 15.6. The molecule has 128 valence electrons. The fourth-order valence-corrected chi connectivity index (χ4v) is 2.82. The topological polar surface area (TPSA) is 55.1 Å². The molecule has 2 aromatic carbocycles. The molecule has 0 aliphatic rings. The second kappa shape index (κ2) is 6.55. The van der Waals surface area contributed by atoms with E-state index in [4.69, 9.17) is 5.11 Å². The molecule has 0 aliphatic heterocycles. The Morgan fingerprint density at radius 2 is 1.84 bits per heavy atom. The van der Waals surface area contributed by atoms with Gasteiger partial charge in [-0.3, -0.25) is 0 Å². The Balaban J connectivity index is 1.88.